The van der Waals surface area contributed by atoms with Crippen LogP contribution in [0.3, 0.4) is 0 Å². The van der Waals surface area contributed by atoms with E-state index in [2.05, 4.69) is 9.08 Å². The molecule has 31 heavy (non-hydrogen) atoms. The quantitative estimate of drug-likeness (QED) is 0.288. The van der Waals surface area contributed by atoms with Crippen molar-refractivity contribution in [2.45, 2.75) is 44.9 Å². The molecule has 2 aliphatic heterocycles. The first-order valence-corrected chi connectivity index (χ1v) is 11.9. The number of carbonyl (C=O) groups excluding carboxylic acids is 2. The third-order valence-corrected chi connectivity index (χ3v) is 5.34. The summed E-state index contributed by atoms with van der Waals surface area (Å²) in [4.78, 5) is 29.5. The summed E-state index contributed by atoms with van der Waals surface area (Å²) in [6.45, 7) is 7.87. The minimum Gasteiger partial charge on any atom is -0.444 e. The molecule has 0 saturated carbocycles. The minimum atomic E-state index is -3.59. The zero-order chi connectivity index (χ0) is 23.4. The van der Waals surface area contributed by atoms with Crippen molar-refractivity contribution < 1.29 is 31.7 Å². The summed E-state index contributed by atoms with van der Waals surface area (Å²) in [5.41, 5.74) is 5.09. The van der Waals surface area contributed by atoms with E-state index in [1.54, 1.807) is 20.8 Å². The largest absolute Gasteiger partial charge is 0.444 e. The van der Waals surface area contributed by atoms with Crippen molar-refractivity contribution in [3.63, 3.8) is 0 Å². The lowest BCUT2D eigenvalue weighted by Gasteiger charge is -2.41. The Labute approximate surface area is 183 Å². The third-order valence-electron chi connectivity index (χ3n) is 4.77. The van der Waals surface area contributed by atoms with Crippen molar-refractivity contribution in [3.05, 3.63) is 0 Å². The molecule has 0 aliphatic carbocycles. The third kappa shape index (κ3) is 8.15. The number of ether oxygens (including phenoxy) is 2. The van der Waals surface area contributed by atoms with Crippen LogP contribution in [-0.2, 0) is 23.8 Å². The standard InChI is InChI=1S/C18H33N5O7S/c1-18(2,3)30-17(25)23-9-8-21(11-14(23)15(19)20)6-5-7-22-10-13(29-16(22)24)12-28-31(4,26)27/h13-14H,5-12H2,1-4H3,(H3,19,20). The molecule has 2 saturated heterocycles. The van der Waals surface area contributed by atoms with Gasteiger partial charge in [-0.15, -0.1) is 0 Å². The maximum atomic E-state index is 12.4. The molecule has 0 aromatic rings. The maximum absolute atomic E-state index is 12.4. The molecule has 2 aliphatic rings. The zero-order valence-electron chi connectivity index (χ0n) is 18.5. The van der Waals surface area contributed by atoms with Gasteiger partial charge in [-0.1, -0.05) is 0 Å². The lowest BCUT2D eigenvalue weighted by molar-refractivity contribution is 0.00732. The second kappa shape index (κ2) is 10.0. The highest BCUT2D eigenvalue weighted by Crippen LogP contribution is 2.17. The molecule has 2 fully saturated rings. The summed E-state index contributed by atoms with van der Waals surface area (Å²) in [6, 6.07) is -0.571. The van der Waals surface area contributed by atoms with E-state index in [0.717, 1.165) is 6.26 Å². The summed E-state index contributed by atoms with van der Waals surface area (Å²) in [5, 5.41) is 7.86. The second-order valence-corrected chi connectivity index (χ2v) is 10.4. The Morgan fingerprint density at radius 1 is 1.26 bits per heavy atom. The van der Waals surface area contributed by atoms with E-state index in [1.165, 1.54) is 9.80 Å². The van der Waals surface area contributed by atoms with Crippen LogP contribution in [0.1, 0.15) is 27.2 Å². The molecule has 2 rings (SSSR count). The van der Waals surface area contributed by atoms with Crippen LogP contribution in [0.4, 0.5) is 9.59 Å². The summed E-state index contributed by atoms with van der Waals surface area (Å²) < 4.78 is 37.4. The SMILES string of the molecule is CC(C)(C)OC(=O)N1CCN(CCCN2CC(COS(C)(=O)=O)OC2=O)CC1C(=N)N. The number of amidine groups is 1. The molecule has 0 radical (unpaired) electrons. The topological polar surface area (TPSA) is 156 Å². The monoisotopic (exact) mass is 463 g/mol. The van der Waals surface area contributed by atoms with Crippen molar-refractivity contribution in [2.24, 2.45) is 5.73 Å². The van der Waals surface area contributed by atoms with Gasteiger partial charge in [0.2, 0.25) is 0 Å². The molecule has 178 valence electrons. The van der Waals surface area contributed by atoms with E-state index in [0.29, 0.717) is 39.1 Å². The molecule has 13 heteroatoms. The number of hydrogen-bond donors (Lipinski definition) is 2. The Hall–Kier alpha value is -2.12. The molecule has 12 nitrogen and oxygen atoms in total. The molecular weight excluding hydrogens is 430 g/mol. The van der Waals surface area contributed by atoms with Crippen LogP contribution < -0.4 is 5.73 Å². The molecular formula is C18H33N5O7S. The Kier molecular flexibility index (Phi) is 8.11. The number of nitrogens with one attached hydrogen (secondary N) is 1. The van der Waals surface area contributed by atoms with Crippen LogP contribution in [0.15, 0.2) is 0 Å². The number of cyclic esters (lactones) is 1. The highest BCUT2D eigenvalue weighted by atomic mass is 32.2. The smallest absolute Gasteiger partial charge is 0.411 e. The number of nitrogens with zero attached hydrogens (tertiary/aromatic N) is 3. The maximum Gasteiger partial charge on any atom is 0.411 e. The van der Waals surface area contributed by atoms with Crippen LogP contribution in [0.2, 0.25) is 0 Å². The number of nitrogens with two attached hydrogens (primary N) is 1. The average molecular weight is 464 g/mol. The summed E-state index contributed by atoms with van der Waals surface area (Å²) in [6.07, 6.45) is -0.0285. The van der Waals surface area contributed by atoms with Crippen LogP contribution in [0, 0.1) is 5.41 Å². The van der Waals surface area contributed by atoms with Crippen LogP contribution in [0.25, 0.3) is 0 Å². The van der Waals surface area contributed by atoms with Gasteiger partial charge in [-0.3, -0.25) is 19.4 Å². The molecule has 0 aromatic carbocycles. The van der Waals surface area contributed by atoms with E-state index < -0.39 is 40.1 Å². The highest BCUT2D eigenvalue weighted by molar-refractivity contribution is 7.85. The Morgan fingerprint density at radius 3 is 2.52 bits per heavy atom. The van der Waals surface area contributed by atoms with E-state index in [9.17, 15) is 18.0 Å². The zero-order valence-corrected chi connectivity index (χ0v) is 19.3. The van der Waals surface area contributed by atoms with Gasteiger partial charge in [0.25, 0.3) is 10.1 Å². The molecule has 2 heterocycles. The van der Waals surface area contributed by atoms with Gasteiger partial charge in [0.15, 0.2) is 0 Å². The van der Waals surface area contributed by atoms with Crippen LogP contribution >= 0.6 is 0 Å². The van der Waals surface area contributed by atoms with Gasteiger partial charge >= 0.3 is 12.2 Å². The van der Waals surface area contributed by atoms with Gasteiger partial charge in [0.1, 0.15) is 30.2 Å². The van der Waals surface area contributed by atoms with Gasteiger partial charge in [-0.25, -0.2) is 9.59 Å². The fraction of sp³-hybridized carbons (Fsp3) is 0.833. The van der Waals surface area contributed by atoms with Gasteiger partial charge < -0.3 is 20.1 Å². The summed E-state index contributed by atoms with van der Waals surface area (Å²) >= 11 is 0. The molecule has 2 amide bonds. The van der Waals surface area contributed by atoms with Crippen LogP contribution in [0.5, 0.6) is 0 Å². The summed E-state index contributed by atoms with van der Waals surface area (Å²) in [7, 11) is -3.59. The van der Waals surface area contributed by atoms with E-state index in [1.807, 2.05) is 0 Å². The van der Waals surface area contributed by atoms with Crippen molar-refractivity contribution in [3.8, 4) is 0 Å². The predicted octanol–water partition coefficient (Wildman–Crippen LogP) is 0.0308. The number of hydrogen-bond acceptors (Lipinski definition) is 9. The lowest BCUT2D eigenvalue weighted by Crippen LogP contribution is -2.60. The molecule has 0 spiro atoms. The first kappa shape index (κ1) is 25.1. The first-order valence-electron chi connectivity index (χ1n) is 10.1. The van der Waals surface area contributed by atoms with Gasteiger partial charge in [-0.2, -0.15) is 8.42 Å². The Balaban J connectivity index is 1.80. The molecule has 0 aromatic heterocycles. The second-order valence-electron chi connectivity index (χ2n) is 8.74. The highest BCUT2D eigenvalue weighted by Gasteiger charge is 2.35. The predicted molar refractivity (Wildman–Crippen MR) is 112 cm³/mol. The lowest BCUT2D eigenvalue weighted by atomic mass is 10.1. The molecule has 2 unspecified atom stereocenters. The van der Waals surface area contributed by atoms with Crippen molar-refractivity contribution in [1.82, 2.24) is 14.7 Å². The van der Waals surface area contributed by atoms with Crippen molar-refractivity contribution in [1.29, 1.82) is 5.41 Å². The fourth-order valence-corrected chi connectivity index (χ4v) is 3.78. The number of piperazine rings is 1. The average Bonchev–Trinajstić information content (AvgIpc) is 2.98. The van der Waals surface area contributed by atoms with Crippen LogP contribution in [-0.4, -0.2) is 111 Å². The minimum absolute atomic E-state index is 0.104. The van der Waals surface area contributed by atoms with Crippen molar-refractivity contribution >= 4 is 28.1 Å². The molecule has 0 bridgehead atoms. The fourth-order valence-electron chi connectivity index (χ4n) is 3.38. The number of rotatable bonds is 8. The van der Waals surface area contributed by atoms with Gasteiger partial charge in [-0.05, 0) is 33.7 Å². The number of carbonyl (C=O) groups is 2. The van der Waals surface area contributed by atoms with E-state index in [-0.39, 0.29) is 19.0 Å². The van der Waals surface area contributed by atoms with Gasteiger partial charge in [0, 0.05) is 26.2 Å². The normalized spacial score (nSPS) is 23.0. The Bertz CT molecular complexity index is 783. The molecule has 3 N–H and O–H groups in total. The summed E-state index contributed by atoms with van der Waals surface area (Å²) in [5.74, 6) is -0.104. The first-order chi connectivity index (χ1) is 14.2. The Morgan fingerprint density at radius 2 is 1.94 bits per heavy atom. The van der Waals surface area contributed by atoms with E-state index in [4.69, 9.17) is 20.6 Å². The molecule has 2 atom stereocenters. The van der Waals surface area contributed by atoms with E-state index >= 15 is 0 Å². The number of amides is 2. The van der Waals surface area contributed by atoms with Crippen molar-refractivity contribution in [2.75, 3.05) is 52.1 Å². The van der Waals surface area contributed by atoms with Gasteiger partial charge in [0.05, 0.1) is 12.8 Å².